The van der Waals surface area contributed by atoms with Gasteiger partial charge in [0.25, 0.3) is 0 Å². The van der Waals surface area contributed by atoms with Gasteiger partial charge in [-0.25, -0.2) is 0 Å². The third kappa shape index (κ3) is 5.10. The van der Waals surface area contributed by atoms with Crippen LogP contribution in [0.5, 0.6) is 11.5 Å². The van der Waals surface area contributed by atoms with Crippen molar-refractivity contribution in [3.63, 3.8) is 0 Å². The molecule has 1 aliphatic heterocycles. The Bertz CT molecular complexity index is 806. The smallest absolute Gasteiger partial charge is 0.234 e. The minimum absolute atomic E-state index is 0.0132. The lowest BCUT2D eigenvalue weighted by Crippen LogP contribution is -2.43. The summed E-state index contributed by atoms with van der Waals surface area (Å²) in [6, 6.07) is 17.1. The second-order valence-corrected chi connectivity index (χ2v) is 7.39. The molecule has 0 unspecified atom stereocenters. The lowest BCUT2D eigenvalue weighted by Gasteiger charge is -2.22. The van der Waals surface area contributed by atoms with E-state index in [4.69, 9.17) is 4.74 Å². The van der Waals surface area contributed by atoms with Gasteiger partial charge in [-0.2, -0.15) is 0 Å². The molecule has 0 bridgehead atoms. The Morgan fingerprint density at radius 2 is 1.79 bits per heavy atom. The number of nitrogens with one attached hydrogen (secondary N) is 1. The maximum Gasteiger partial charge on any atom is 0.234 e. The number of carbonyl (C=O) groups excluding carboxylic acids is 2. The van der Waals surface area contributed by atoms with Gasteiger partial charge in [-0.05, 0) is 57.3 Å². The predicted octanol–water partition coefficient (Wildman–Crippen LogP) is 3.04. The van der Waals surface area contributed by atoms with Crippen molar-refractivity contribution >= 4 is 17.5 Å². The Labute approximate surface area is 166 Å². The molecule has 148 valence electrons. The number of ether oxygens (including phenoxy) is 1. The van der Waals surface area contributed by atoms with Gasteiger partial charge < -0.3 is 15.0 Å². The molecule has 1 atom stereocenters. The number of nitrogens with zero attached hydrogens (tertiary/aromatic N) is 2. The van der Waals surface area contributed by atoms with Crippen molar-refractivity contribution in [3.05, 3.63) is 54.6 Å². The maximum atomic E-state index is 12.4. The fraction of sp³-hybridized carbons (Fsp3) is 0.364. The van der Waals surface area contributed by atoms with E-state index in [0.717, 1.165) is 11.4 Å². The standard InChI is InChI=1S/C22H27N3O3/c1-16(2)24(3)15-21(26)23-17-13-22(27)25(14-17)18-9-11-20(12-10-18)28-19-7-5-4-6-8-19/h4-12,16-17H,13-15H2,1-3H3,(H,23,26)/t17-/m1/s1. The van der Waals surface area contributed by atoms with E-state index in [1.807, 2.05) is 80.4 Å². The summed E-state index contributed by atoms with van der Waals surface area (Å²) in [5.74, 6) is 1.44. The highest BCUT2D eigenvalue weighted by Crippen LogP contribution is 2.26. The molecule has 0 saturated carbocycles. The Morgan fingerprint density at radius 3 is 2.43 bits per heavy atom. The summed E-state index contributed by atoms with van der Waals surface area (Å²) in [5.41, 5.74) is 0.807. The van der Waals surface area contributed by atoms with E-state index in [1.54, 1.807) is 4.90 Å². The van der Waals surface area contributed by atoms with Crippen LogP contribution in [0.2, 0.25) is 0 Å². The first-order valence-corrected chi connectivity index (χ1v) is 9.55. The average molecular weight is 381 g/mol. The van der Waals surface area contributed by atoms with Crippen molar-refractivity contribution in [2.45, 2.75) is 32.4 Å². The van der Waals surface area contributed by atoms with Gasteiger partial charge in [0.1, 0.15) is 11.5 Å². The van der Waals surface area contributed by atoms with E-state index < -0.39 is 0 Å². The van der Waals surface area contributed by atoms with Crippen molar-refractivity contribution in [2.24, 2.45) is 0 Å². The minimum atomic E-state index is -0.166. The Balaban J connectivity index is 1.57. The molecule has 0 aliphatic carbocycles. The monoisotopic (exact) mass is 381 g/mol. The first-order chi connectivity index (χ1) is 13.4. The van der Waals surface area contributed by atoms with Gasteiger partial charge in [0.2, 0.25) is 11.8 Å². The highest BCUT2D eigenvalue weighted by molar-refractivity contribution is 5.97. The van der Waals surface area contributed by atoms with Crippen LogP contribution in [0.25, 0.3) is 0 Å². The summed E-state index contributed by atoms with van der Waals surface area (Å²) in [5, 5.41) is 2.97. The van der Waals surface area contributed by atoms with Crippen LogP contribution < -0.4 is 15.0 Å². The van der Waals surface area contributed by atoms with E-state index in [-0.39, 0.29) is 17.9 Å². The highest BCUT2D eigenvalue weighted by Gasteiger charge is 2.31. The number of anilines is 1. The summed E-state index contributed by atoms with van der Waals surface area (Å²) in [6.07, 6.45) is 0.319. The molecule has 1 aliphatic rings. The zero-order chi connectivity index (χ0) is 20.1. The van der Waals surface area contributed by atoms with Crippen molar-refractivity contribution < 1.29 is 14.3 Å². The zero-order valence-electron chi connectivity index (χ0n) is 16.6. The number of carbonyl (C=O) groups is 2. The Morgan fingerprint density at radius 1 is 1.14 bits per heavy atom. The maximum absolute atomic E-state index is 12.4. The zero-order valence-corrected chi connectivity index (χ0v) is 16.6. The number of amides is 2. The lowest BCUT2D eigenvalue weighted by atomic mass is 10.2. The first kappa shape index (κ1) is 19.9. The van der Waals surface area contributed by atoms with Crippen LogP contribution in [-0.2, 0) is 9.59 Å². The Hall–Kier alpha value is -2.86. The lowest BCUT2D eigenvalue weighted by molar-refractivity contribution is -0.123. The second-order valence-electron chi connectivity index (χ2n) is 7.39. The summed E-state index contributed by atoms with van der Waals surface area (Å²) in [7, 11) is 1.91. The van der Waals surface area contributed by atoms with Gasteiger partial charge in [-0.1, -0.05) is 18.2 Å². The topological polar surface area (TPSA) is 61.9 Å². The number of hydrogen-bond acceptors (Lipinski definition) is 4. The number of likely N-dealkylation sites (N-methyl/N-ethyl adjacent to an activating group) is 1. The average Bonchev–Trinajstić information content (AvgIpc) is 3.03. The minimum Gasteiger partial charge on any atom is -0.457 e. The molecule has 1 saturated heterocycles. The van der Waals surface area contributed by atoms with E-state index in [9.17, 15) is 9.59 Å². The summed E-state index contributed by atoms with van der Waals surface area (Å²) >= 11 is 0. The number of rotatable bonds is 7. The first-order valence-electron chi connectivity index (χ1n) is 9.55. The molecular weight excluding hydrogens is 354 g/mol. The quantitative estimate of drug-likeness (QED) is 0.801. The molecule has 1 N–H and O–H groups in total. The SMILES string of the molecule is CC(C)N(C)CC(=O)N[C@@H]1CC(=O)N(c2ccc(Oc3ccccc3)cc2)C1. The summed E-state index contributed by atoms with van der Waals surface area (Å²) < 4.78 is 5.79. The number of benzene rings is 2. The Kier molecular flexibility index (Phi) is 6.31. The molecule has 6 heteroatoms. The molecule has 3 rings (SSSR count). The summed E-state index contributed by atoms with van der Waals surface area (Å²) in [4.78, 5) is 28.3. The van der Waals surface area contributed by atoms with Crippen LogP contribution in [0.3, 0.4) is 0 Å². The highest BCUT2D eigenvalue weighted by atomic mass is 16.5. The van der Waals surface area contributed by atoms with Crippen molar-refractivity contribution in [2.75, 3.05) is 25.0 Å². The molecule has 28 heavy (non-hydrogen) atoms. The van der Waals surface area contributed by atoms with Crippen LogP contribution in [0, 0.1) is 0 Å². The third-order valence-corrected chi connectivity index (χ3v) is 4.89. The molecule has 0 spiro atoms. The van der Waals surface area contributed by atoms with Crippen LogP contribution in [0.4, 0.5) is 5.69 Å². The van der Waals surface area contributed by atoms with E-state index >= 15 is 0 Å². The molecule has 2 amide bonds. The van der Waals surface area contributed by atoms with E-state index in [2.05, 4.69) is 5.32 Å². The molecule has 2 aromatic rings. The fourth-order valence-corrected chi connectivity index (χ4v) is 3.05. The van der Waals surface area contributed by atoms with Gasteiger partial charge in [-0.15, -0.1) is 0 Å². The van der Waals surface area contributed by atoms with Crippen molar-refractivity contribution in [3.8, 4) is 11.5 Å². The summed E-state index contributed by atoms with van der Waals surface area (Å²) in [6.45, 7) is 4.89. The molecule has 1 fully saturated rings. The predicted molar refractivity (Wildman–Crippen MR) is 110 cm³/mol. The number of hydrogen-bond donors (Lipinski definition) is 1. The van der Waals surface area contributed by atoms with Crippen molar-refractivity contribution in [1.82, 2.24) is 10.2 Å². The van der Waals surface area contributed by atoms with Gasteiger partial charge in [0.05, 0.1) is 12.6 Å². The van der Waals surface area contributed by atoms with Gasteiger partial charge in [0, 0.05) is 24.7 Å². The molecule has 2 aromatic carbocycles. The molecule has 1 heterocycles. The van der Waals surface area contributed by atoms with Crippen LogP contribution >= 0.6 is 0 Å². The molecule has 0 radical (unpaired) electrons. The van der Waals surface area contributed by atoms with Gasteiger partial charge >= 0.3 is 0 Å². The second kappa shape index (κ2) is 8.89. The molecule has 0 aromatic heterocycles. The van der Waals surface area contributed by atoms with Crippen LogP contribution in [0.1, 0.15) is 20.3 Å². The van der Waals surface area contributed by atoms with Crippen LogP contribution in [0.15, 0.2) is 54.6 Å². The number of para-hydroxylation sites is 1. The van der Waals surface area contributed by atoms with Crippen LogP contribution in [-0.4, -0.2) is 48.9 Å². The largest absolute Gasteiger partial charge is 0.457 e. The van der Waals surface area contributed by atoms with E-state index in [1.165, 1.54) is 0 Å². The van der Waals surface area contributed by atoms with Gasteiger partial charge in [-0.3, -0.25) is 14.5 Å². The normalized spacial score (nSPS) is 16.7. The van der Waals surface area contributed by atoms with Crippen molar-refractivity contribution in [1.29, 1.82) is 0 Å². The molecular formula is C22H27N3O3. The third-order valence-electron chi connectivity index (χ3n) is 4.89. The van der Waals surface area contributed by atoms with Gasteiger partial charge in [0.15, 0.2) is 0 Å². The fourth-order valence-electron chi connectivity index (χ4n) is 3.05. The van der Waals surface area contributed by atoms with E-state index in [0.29, 0.717) is 31.3 Å². The molecule has 6 nitrogen and oxygen atoms in total.